The number of rotatable bonds is 8. The smallest absolute Gasteiger partial charge is 0.251 e. The average Bonchev–Trinajstić information content (AvgIpc) is 3.05. The number of hydrogen-bond acceptors (Lipinski definition) is 8. The standard InChI is InChI=1S/C33H39N5O5/c1-38-15-11-25(12-16-38)37-33(40)22-5-7-24(8-6-22)36-26-9-10-29(34-19-26)28-3-2-4-30-31(28)43-27(21-42-30)20-35-32(39)23-13-17-41-18-14-23/h2-10,19,23,25,27,36H,11-18,20-21H2,1H3,(H,35,39)(H,37,40). The first-order valence-electron chi connectivity index (χ1n) is 15.1. The number of aromatic nitrogens is 1. The number of anilines is 2. The van der Waals surface area contributed by atoms with E-state index in [0.29, 0.717) is 43.4 Å². The fourth-order valence-corrected chi connectivity index (χ4v) is 5.68. The van der Waals surface area contributed by atoms with Gasteiger partial charge in [-0.3, -0.25) is 14.6 Å². The minimum absolute atomic E-state index is 0.0103. The lowest BCUT2D eigenvalue weighted by molar-refractivity contribution is -0.128. The molecule has 3 aliphatic heterocycles. The van der Waals surface area contributed by atoms with Crippen molar-refractivity contribution in [3.63, 3.8) is 0 Å². The predicted octanol–water partition coefficient (Wildman–Crippen LogP) is 4.00. The lowest BCUT2D eigenvalue weighted by atomic mass is 9.99. The highest BCUT2D eigenvalue weighted by Crippen LogP contribution is 2.40. The molecule has 0 spiro atoms. The third-order valence-corrected chi connectivity index (χ3v) is 8.31. The number of fused-ring (bicyclic) bond motifs is 1. The van der Waals surface area contributed by atoms with E-state index in [-0.39, 0.29) is 29.9 Å². The molecule has 1 atom stereocenters. The number of carbonyl (C=O) groups excluding carboxylic acids is 2. The second-order valence-electron chi connectivity index (χ2n) is 11.5. The number of nitrogens with one attached hydrogen (secondary N) is 3. The monoisotopic (exact) mass is 585 g/mol. The van der Waals surface area contributed by atoms with Crippen LogP contribution in [-0.2, 0) is 9.53 Å². The molecule has 3 aromatic rings. The molecule has 4 heterocycles. The zero-order valence-corrected chi connectivity index (χ0v) is 24.5. The van der Waals surface area contributed by atoms with Crippen molar-refractivity contribution in [1.82, 2.24) is 20.5 Å². The number of carbonyl (C=O) groups is 2. The Morgan fingerprint density at radius 2 is 1.72 bits per heavy atom. The van der Waals surface area contributed by atoms with Gasteiger partial charge in [-0.2, -0.15) is 0 Å². The molecule has 0 saturated carbocycles. The Hall–Kier alpha value is -4.15. The summed E-state index contributed by atoms with van der Waals surface area (Å²) in [6.07, 6.45) is 4.92. The van der Waals surface area contributed by atoms with E-state index in [9.17, 15) is 9.59 Å². The number of likely N-dealkylation sites (tertiary alicyclic amines) is 1. The van der Waals surface area contributed by atoms with Crippen LogP contribution >= 0.6 is 0 Å². The molecule has 2 saturated heterocycles. The maximum atomic E-state index is 12.7. The van der Waals surface area contributed by atoms with Crippen molar-refractivity contribution in [2.75, 3.05) is 51.8 Å². The zero-order chi connectivity index (χ0) is 29.6. The van der Waals surface area contributed by atoms with E-state index >= 15 is 0 Å². The highest BCUT2D eigenvalue weighted by atomic mass is 16.6. The van der Waals surface area contributed by atoms with Crippen LogP contribution in [0.2, 0.25) is 0 Å². The minimum Gasteiger partial charge on any atom is -0.486 e. The molecule has 6 rings (SSSR count). The summed E-state index contributed by atoms with van der Waals surface area (Å²) in [5, 5.41) is 9.54. The lowest BCUT2D eigenvalue weighted by Gasteiger charge is -2.29. The lowest BCUT2D eigenvalue weighted by Crippen LogP contribution is -2.43. The van der Waals surface area contributed by atoms with Gasteiger partial charge in [0.15, 0.2) is 11.5 Å². The molecule has 2 aromatic carbocycles. The highest BCUT2D eigenvalue weighted by Gasteiger charge is 2.27. The molecule has 0 bridgehead atoms. The second kappa shape index (κ2) is 13.4. The van der Waals surface area contributed by atoms with Crippen LogP contribution in [0.15, 0.2) is 60.8 Å². The van der Waals surface area contributed by atoms with Crippen molar-refractivity contribution >= 4 is 23.2 Å². The zero-order valence-electron chi connectivity index (χ0n) is 24.5. The van der Waals surface area contributed by atoms with Crippen molar-refractivity contribution < 1.29 is 23.8 Å². The van der Waals surface area contributed by atoms with Gasteiger partial charge >= 0.3 is 0 Å². The Labute approximate surface area is 252 Å². The molecule has 0 aliphatic carbocycles. The number of piperidine rings is 1. The summed E-state index contributed by atoms with van der Waals surface area (Å²) in [5.74, 6) is 1.29. The van der Waals surface area contributed by atoms with Crippen molar-refractivity contribution in [1.29, 1.82) is 0 Å². The average molecular weight is 586 g/mol. The molecule has 10 heteroatoms. The fourth-order valence-electron chi connectivity index (χ4n) is 5.68. The van der Waals surface area contributed by atoms with Gasteiger partial charge in [-0.1, -0.05) is 6.07 Å². The first-order valence-corrected chi connectivity index (χ1v) is 15.1. The third-order valence-electron chi connectivity index (χ3n) is 8.31. The van der Waals surface area contributed by atoms with Gasteiger partial charge in [-0.25, -0.2) is 0 Å². The van der Waals surface area contributed by atoms with Crippen molar-refractivity contribution in [2.24, 2.45) is 5.92 Å². The summed E-state index contributed by atoms with van der Waals surface area (Å²) in [7, 11) is 2.11. The number of benzene rings is 2. The van der Waals surface area contributed by atoms with Crippen molar-refractivity contribution in [3.05, 3.63) is 66.4 Å². The largest absolute Gasteiger partial charge is 0.486 e. The Kier molecular flexibility index (Phi) is 9.04. The Balaban J connectivity index is 1.05. The molecule has 10 nitrogen and oxygen atoms in total. The quantitative estimate of drug-likeness (QED) is 0.364. The van der Waals surface area contributed by atoms with Crippen molar-refractivity contribution in [2.45, 2.75) is 37.8 Å². The molecule has 1 aromatic heterocycles. The van der Waals surface area contributed by atoms with Gasteiger partial charge in [0.1, 0.15) is 12.7 Å². The van der Waals surface area contributed by atoms with Crippen molar-refractivity contribution in [3.8, 4) is 22.8 Å². The van der Waals surface area contributed by atoms with E-state index in [1.54, 1.807) is 6.20 Å². The topological polar surface area (TPSA) is 114 Å². The molecule has 2 amide bonds. The number of amides is 2. The van der Waals surface area contributed by atoms with Gasteiger partial charge in [0, 0.05) is 42.0 Å². The van der Waals surface area contributed by atoms with Crippen LogP contribution in [0.25, 0.3) is 11.3 Å². The summed E-state index contributed by atoms with van der Waals surface area (Å²) >= 11 is 0. The second-order valence-corrected chi connectivity index (χ2v) is 11.5. The Bertz CT molecular complexity index is 1400. The van der Waals surface area contributed by atoms with Crippen LogP contribution < -0.4 is 25.4 Å². The van der Waals surface area contributed by atoms with E-state index in [4.69, 9.17) is 14.2 Å². The number of nitrogens with zero attached hydrogens (tertiary/aromatic N) is 2. The summed E-state index contributed by atoms with van der Waals surface area (Å²) in [5.41, 5.74) is 3.91. The van der Waals surface area contributed by atoms with Gasteiger partial charge in [-0.05, 0) is 94.4 Å². The number of hydrogen-bond donors (Lipinski definition) is 3. The maximum Gasteiger partial charge on any atom is 0.251 e. The number of para-hydroxylation sites is 1. The third kappa shape index (κ3) is 7.26. The number of ether oxygens (including phenoxy) is 3. The minimum atomic E-state index is -0.298. The molecule has 0 radical (unpaired) electrons. The normalized spacial score (nSPS) is 19.4. The fraction of sp³-hybridized carbons (Fsp3) is 0.424. The number of pyridine rings is 1. The molecule has 2 fully saturated rings. The first kappa shape index (κ1) is 28.9. The van der Waals surface area contributed by atoms with Crippen LogP contribution in [0, 0.1) is 5.92 Å². The van der Waals surface area contributed by atoms with E-state index in [2.05, 4.69) is 32.9 Å². The van der Waals surface area contributed by atoms with E-state index in [1.807, 2.05) is 54.6 Å². The van der Waals surface area contributed by atoms with Crippen LogP contribution in [0.4, 0.5) is 11.4 Å². The summed E-state index contributed by atoms with van der Waals surface area (Å²) in [6.45, 7) is 4.00. The van der Waals surface area contributed by atoms with Crippen LogP contribution in [0.1, 0.15) is 36.0 Å². The molecular formula is C33H39N5O5. The molecule has 226 valence electrons. The van der Waals surface area contributed by atoms with Gasteiger partial charge in [0.25, 0.3) is 5.91 Å². The highest BCUT2D eigenvalue weighted by molar-refractivity contribution is 5.94. The van der Waals surface area contributed by atoms with Crippen LogP contribution in [0.5, 0.6) is 11.5 Å². The summed E-state index contributed by atoms with van der Waals surface area (Å²) in [4.78, 5) is 32.2. The first-order chi connectivity index (χ1) is 21.0. The van der Waals surface area contributed by atoms with E-state index < -0.39 is 0 Å². The SMILES string of the molecule is CN1CCC(NC(=O)c2ccc(Nc3ccc(-c4cccc5c4OC(CNC(=O)C4CCOCC4)CO5)nc3)cc2)CC1. The van der Waals surface area contributed by atoms with Crippen LogP contribution in [0.3, 0.4) is 0 Å². The van der Waals surface area contributed by atoms with Gasteiger partial charge < -0.3 is 35.1 Å². The van der Waals surface area contributed by atoms with Gasteiger partial charge in [0.2, 0.25) is 5.91 Å². The van der Waals surface area contributed by atoms with Crippen LogP contribution in [-0.4, -0.2) is 80.3 Å². The molecule has 1 unspecified atom stereocenters. The molecule has 3 aliphatic rings. The maximum absolute atomic E-state index is 12.7. The predicted molar refractivity (Wildman–Crippen MR) is 164 cm³/mol. The van der Waals surface area contributed by atoms with Gasteiger partial charge in [-0.15, -0.1) is 0 Å². The summed E-state index contributed by atoms with van der Waals surface area (Å²) < 4.78 is 17.7. The summed E-state index contributed by atoms with van der Waals surface area (Å²) in [6, 6.07) is 17.3. The molecule has 43 heavy (non-hydrogen) atoms. The van der Waals surface area contributed by atoms with E-state index in [1.165, 1.54) is 0 Å². The van der Waals surface area contributed by atoms with E-state index in [0.717, 1.165) is 61.4 Å². The Morgan fingerprint density at radius 3 is 2.47 bits per heavy atom. The Morgan fingerprint density at radius 1 is 0.953 bits per heavy atom. The molecular weight excluding hydrogens is 546 g/mol. The van der Waals surface area contributed by atoms with Gasteiger partial charge in [0.05, 0.1) is 24.1 Å². The molecule has 3 N–H and O–H groups in total.